The molecule has 2 aromatic carbocycles. The Morgan fingerprint density at radius 2 is 1.86 bits per heavy atom. The van der Waals surface area contributed by atoms with Gasteiger partial charge in [0.2, 0.25) is 10.0 Å². The lowest BCUT2D eigenvalue weighted by molar-refractivity contribution is -0.142. The first kappa shape index (κ1) is 20.6. The van der Waals surface area contributed by atoms with Gasteiger partial charge in [0.05, 0.1) is 10.9 Å². The van der Waals surface area contributed by atoms with Gasteiger partial charge < -0.3 is 10.0 Å². The minimum absolute atomic E-state index is 0.0889. The number of benzene rings is 2. The molecule has 1 saturated heterocycles. The van der Waals surface area contributed by atoms with Gasteiger partial charge in [0.1, 0.15) is 4.90 Å². The predicted molar refractivity (Wildman–Crippen MR) is 109 cm³/mol. The molecule has 0 aromatic heterocycles. The number of halogens is 1. The molecule has 6 nitrogen and oxygen atoms in total. The minimum Gasteiger partial charge on any atom is -0.481 e. The number of hydrogen-bond donors (Lipinski definition) is 1. The van der Waals surface area contributed by atoms with Crippen LogP contribution in [-0.2, 0) is 21.4 Å². The minimum atomic E-state index is -3.70. The summed E-state index contributed by atoms with van der Waals surface area (Å²) >= 11 is 6.06. The van der Waals surface area contributed by atoms with Crippen molar-refractivity contribution in [1.82, 2.24) is 4.31 Å². The third-order valence-corrected chi connectivity index (χ3v) is 7.35. The van der Waals surface area contributed by atoms with Crippen molar-refractivity contribution in [2.75, 3.05) is 25.0 Å². The van der Waals surface area contributed by atoms with E-state index in [0.29, 0.717) is 25.9 Å². The van der Waals surface area contributed by atoms with Crippen LogP contribution in [0.25, 0.3) is 0 Å². The first-order valence-electron chi connectivity index (χ1n) is 9.06. The standard InChI is InChI=1S/C20H23ClN2O4S/c1-22(28(26,27)19-8-3-2-7-18(19)21)14-15-5-4-6-17(13-15)23-11-9-16(10-12-23)20(24)25/h2-8,13,16H,9-12,14H2,1H3,(H,24,25). The first-order valence-corrected chi connectivity index (χ1v) is 10.9. The number of anilines is 1. The molecule has 0 bridgehead atoms. The van der Waals surface area contributed by atoms with Crippen LogP contribution in [0, 0.1) is 5.92 Å². The number of aliphatic carboxylic acids is 1. The molecule has 1 fully saturated rings. The van der Waals surface area contributed by atoms with E-state index in [1.807, 2.05) is 24.3 Å². The maximum absolute atomic E-state index is 12.8. The Kier molecular flexibility index (Phi) is 6.27. The number of carboxylic acids is 1. The molecular formula is C20H23ClN2O4S. The highest BCUT2D eigenvalue weighted by Gasteiger charge is 2.26. The zero-order valence-corrected chi connectivity index (χ0v) is 17.2. The van der Waals surface area contributed by atoms with Gasteiger partial charge in [-0.3, -0.25) is 4.79 Å². The largest absolute Gasteiger partial charge is 0.481 e. The Morgan fingerprint density at radius 1 is 1.18 bits per heavy atom. The Hall–Kier alpha value is -2.09. The lowest BCUT2D eigenvalue weighted by Crippen LogP contribution is -2.36. The molecule has 150 valence electrons. The molecular weight excluding hydrogens is 400 g/mol. The number of carbonyl (C=O) groups is 1. The number of sulfonamides is 1. The van der Waals surface area contributed by atoms with Gasteiger partial charge in [0, 0.05) is 32.4 Å². The number of rotatable bonds is 6. The fourth-order valence-electron chi connectivity index (χ4n) is 3.40. The van der Waals surface area contributed by atoms with Crippen molar-refractivity contribution in [3.05, 3.63) is 59.1 Å². The monoisotopic (exact) mass is 422 g/mol. The second-order valence-corrected chi connectivity index (χ2v) is 9.38. The predicted octanol–water partition coefficient (Wildman–Crippen LogP) is 3.46. The smallest absolute Gasteiger partial charge is 0.306 e. The summed E-state index contributed by atoms with van der Waals surface area (Å²) in [5.74, 6) is -1.02. The zero-order valence-electron chi connectivity index (χ0n) is 15.6. The molecule has 0 radical (unpaired) electrons. The van der Waals surface area contributed by atoms with Crippen molar-refractivity contribution < 1.29 is 18.3 Å². The summed E-state index contributed by atoms with van der Waals surface area (Å²) in [6, 6.07) is 14.1. The van der Waals surface area contributed by atoms with E-state index >= 15 is 0 Å². The summed E-state index contributed by atoms with van der Waals surface area (Å²) in [6.07, 6.45) is 1.22. The molecule has 0 amide bonds. The molecule has 8 heteroatoms. The molecule has 28 heavy (non-hydrogen) atoms. The molecule has 3 rings (SSSR count). The Labute approximate surface area is 170 Å². The number of nitrogens with zero attached hydrogens (tertiary/aromatic N) is 2. The molecule has 0 atom stereocenters. The summed E-state index contributed by atoms with van der Waals surface area (Å²) in [6.45, 7) is 1.56. The number of hydrogen-bond acceptors (Lipinski definition) is 4. The SMILES string of the molecule is CN(Cc1cccc(N2CCC(C(=O)O)CC2)c1)S(=O)(=O)c1ccccc1Cl. The summed E-state index contributed by atoms with van der Waals surface area (Å²) in [5.41, 5.74) is 1.83. The quantitative estimate of drug-likeness (QED) is 0.771. The third-order valence-electron chi connectivity index (χ3n) is 5.05. The third kappa shape index (κ3) is 4.48. The van der Waals surface area contributed by atoms with E-state index in [1.165, 1.54) is 17.4 Å². The molecule has 1 aliphatic rings. The molecule has 1 aliphatic heterocycles. The van der Waals surface area contributed by atoms with Crippen LogP contribution < -0.4 is 4.90 Å². The van der Waals surface area contributed by atoms with Crippen LogP contribution in [-0.4, -0.2) is 43.9 Å². The molecule has 2 aromatic rings. The van der Waals surface area contributed by atoms with Gasteiger partial charge in [0.15, 0.2) is 0 Å². The Bertz CT molecular complexity index is 956. The van der Waals surface area contributed by atoms with Crippen molar-refractivity contribution in [3.63, 3.8) is 0 Å². The lowest BCUT2D eigenvalue weighted by Gasteiger charge is -2.32. The van der Waals surface area contributed by atoms with Crippen molar-refractivity contribution in [2.45, 2.75) is 24.3 Å². The molecule has 0 saturated carbocycles. The summed E-state index contributed by atoms with van der Waals surface area (Å²) in [4.78, 5) is 13.4. The van der Waals surface area contributed by atoms with Gasteiger partial charge in [-0.1, -0.05) is 35.9 Å². The van der Waals surface area contributed by atoms with E-state index in [0.717, 1.165) is 11.3 Å². The summed E-state index contributed by atoms with van der Waals surface area (Å²) in [5, 5.41) is 9.34. The average molecular weight is 423 g/mol. The Balaban J connectivity index is 1.73. The molecule has 1 N–H and O–H groups in total. The van der Waals surface area contributed by atoms with Crippen LogP contribution in [0.15, 0.2) is 53.4 Å². The van der Waals surface area contributed by atoms with Gasteiger partial charge in [-0.05, 0) is 42.7 Å². The molecule has 0 spiro atoms. The van der Waals surface area contributed by atoms with Crippen LogP contribution in [0.3, 0.4) is 0 Å². The van der Waals surface area contributed by atoms with Crippen molar-refractivity contribution in [1.29, 1.82) is 0 Å². The summed E-state index contributed by atoms with van der Waals surface area (Å²) in [7, 11) is -2.17. The second kappa shape index (κ2) is 8.51. The second-order valence-electron chi connectivity index (χ2n) is 6.96. The van der Waals surface area contributed by atoms with Gasteiger partial charge in [-0.15, -0.1) is 0 Å². The first-order chi connectivity index (χ1) is 13.3. The van der Waals surface area contributed by atoms with Crippen LogP contribution in [0.5, 0.6) is 0 Å². The van der Waals surface area contributed by atoms with E-state index in [2.05, 4.69) is 4.90 Å². The van der Waals surface area contributed by atoms with Crippen molar-refractivity contribution in [2.24, 2.45) is 5.92 Å². The van der Waals surface area contributed by atoms with Crippen LogP contribution in [0.2, 0.25) is 5.02 Å². The van der Waals surface area contributed by atoms with E-state index in [4.69, 9.17) is 16.7 Å². The van der Waals surface area contributed by atoms with Gasteiger partial charge in [0.25, 0.3) is 0 Å². The van der Waals surface area contributed by atoms with Crippen LogP contribution in [0.4, 0.5) is 5.69 Å². The normalized spacial score (nSPS) is 15.8. The zero-order chi connectivity index (χ0) is 20.3. The fourth-order valence-corrected chi connectivity index (χ4v) is 5.05. The van der Waals surface area contributed by atoms with E-state index in [1.54, 1.807) is 18.2 Å². The van der Waals surface area contributed by atoms with Crippen LogP contribution in [0.1, 0.15) is 18.4 Å². The highest BCUT2D eigenvalue weighted by Crippen LogP contribution is 2.27. The molecule has 1 heterocycles. The summed E-state index contributed by atoms with van der Waals surface area (Å²) < 4.78 is 26.9. The van der Waals surface area contributed by atoms with Gasteiger partial charge in [-0.25, -0.2) is 8.42 Å². The van der Waals surface area contributed by atoms with Gasteiger partial charge in [-0.2, -0.15) is 4.31 Å². The number of piperidine rings is 1. The Morgan fingerprint density at radius 3 is 2.50 bits per heavy atom. The molecule has 0 unspecified atom stereocenters. The topological polar surface area (TPSA) is 77.9 Å². The van der Waals surface area contributed by atoms with Crippen LogP contribution >= 0.6 is 11.6 Å². The highest BCUT2D eigenvalue weighted by molar-refractivity contribution is 7.89. The average Bonchev–Trinajstić information content (AvgIpc) is 2.68. The lowest BCUT2D eigenvalue weighted by atomic mass is 9.96. The maximum atomic E-state index is 12.8. The van der Waals surface area contributed by atoms with Crippen molar-refractivity contribution in [3.8, 4) is 0 Å². The van der Waals surface area contributed by atoms with Crippen molar-refractivity contribution >= 4 is 33.3 Å². The van der Waals surface area contributed by atoms with E-state index in [-0.39, 0.29) is 22.4 Å². The number of carboxylic acid groups (broad SMARTS) is 1. The van der Waals surface area contributed by atoms with E-state index in [9.17, 15) is 13.2 Å². The maximum Gasteiger partial charge on any atom is 0.306 e. The fraction of sp³-hybridized carbons (Fsp3) is 0.350. The highest BCUT2D eigenvalue weighted by atomic mass is 35.5. The van der Waals surface area contributed by atoms with Gasteiger partial charge >= 0.3 is 5.97 Å². The molecule has 0 aliphatic carbocycles. The van der Waals surface area contributed by atoms with E-state index < -0.39 is 16.0 Å².